The van der Waals surface area contributed by atoms with Crippen LogP contribution in [-0.2, 0) is 4.79 Å². The van der Waals surface area contributed by atoms with E-state index in [1.165, 1.54) is 13.2 Å². The molecular weight excluding hydrogens is 473 g/mol. The summed E-state index contributed by atoms with van der Waals surface area (Å²) in [6, 6.07) is 11.8. The lowest BCUT2D eigenvalue weighted by Gasteiger charge is -2.14. The number of aliphatic carboxylic acids is 1. The molecule has 1 amide bonds. The predicted octanol–water partition coefficient (Wildman–Crippen LogP) is 4.11. The minimum Gasteiger partial charge on any atom is -0.493 e. The summed E-state index contributed by atoms with van der Waals surface area (Å²) in [5.74, 6) is -0.745. The molecule has 146 valence electrons. The molecule has 0 heterocycles. The third-order valence-electron chi connectivity index (χ3n) is 3.54. The highest BCUT2D eigenvalue weighted by Gasteiger charge is 2.16. The summed E-state index contributed by atoms with van der Waals surface area (Å²) < 4.78 is 11.8. The third-order valence-corrected chi connectivity index (χ3v) is 4.34. The lowest BCUT2D eigenvalue weighted by atomic mass is 10.1. The standard InChI is InChI=1S/C21H20INO5/c1-13(2)12-28-19-16(22)9-14(11-18(19)27-3)10-17(21(25)26)23-20(24)15-7-5-4-6-8-15/h4-11H,1,12H2,2-3H3,(H,23,24)(H,25,26). The van der Waals surface area contributed by atoms with Crippen molar-refractivity contribution in [3.63, 3.8) is 0 Å². The summed E-state index contributed by atoms with van der Waals surface area (Å²) in [7, 11) is 1.50. The van der Waals surface area contributed by atoms with Gasteiger partial charge >= 0.3 is 5.97 Å². The molecule has 0 saturated heterocycles. The Bertz CT molecular complexity index is 922. The number of carboxylic acids is 1. The molecule has 2 aromatic carbocycles. The number of methoxy groups -OCH3 is 1. The van der Waals surface area contributed by atoms with Gasteiger partial charge in [0, 0.05) is 5.56 Å². The maximum absolute atomic E-state index is 12.3. The van der Waals surface area contributed by atoms with E-state index in [1.807, 2.05) is 6.92 Å². The van der Waals surface area contributed by atoms with Crippen LogP contribution in [0.15, 0.2) is 60.3 Å². The van der Waals surface area contributed by atoms with Gasteiger partial charge in [0.15, 0.2) is 11.5 Å². The quantitative estimate of drug-likeness (QED) is 0.329. The molecule has 7 heteroatoms. The van der Waals surface area contributed by atoms with E-state index in [0.717, 1.165) is 9.14 Å². The lowest BCUT2D eigenvalue weighted by Crippen LogP contribution is -2.27. The molecule has 0 radical (unpaired) electrons. The zero-order chi connectivity index (χ0) is 20.7. The van der Waals surface area contributed by atoms with Crippen LogP contribution < -0.4 is 14.8 Å². The molecule has 0 aromatic heterocycles. The minimum absolute atomic E-state index is 0.248. The number of halogens is 1. The molecule has 0 fully saturated rings. The van der Waals surface area contributed by atoms with Gasteiger partial charge in [-0.25, -0.2) is 4.79 Å². The Labute approximate surface area is 177 Å². The highest BCUT2D eigenvalue weighted by Crippen LogP contribution is 2.34. The summed E-state index contributed by atoms with van der Waals surface area (Å²) in [4.78, 5) is 23.9. The maximum atomic E-state index is 12.3. The van der Waals surface area contributed by atoms with Gasteiger partial charge in [0.05, 0.1) is 10.7 Å². The van der Waals surface area contributed by atoms with Crippen molar-refractivity contribution in [2.45, 2.75) is 6.92 Å². The summed E-state index contributed by atoms with van der Waals surface area (Å²) in [6.45, 7) is 6.00. The molecule has 0 aliphatic carbocycles. The first kappa shape index (κ1) is 21.5. The molecule has 0 bridgehead atoms. The van der Waals surface area contributed by atoms with E-state index < -0.39 is 11.9 Å². The minimum atomic E-state index is -1.25. The maximum Gasteiger partial charge on any atom is 0.352 e. The number of carbonyl (C=O) groups excluding carboxylic acids is 1. The smallest absolute Gasteiger partial charge is 0.352 e. The average molecular weight is 493 g/mol. The van der Waals surface area contributed by atoms with Gasteiger partial charge in [0.1, 0.15) is 12.3 Å². The highest BCUT2D eigenvalue weighted by atomic mass is 127. The van der Waals surface area contributed by atoms with Gasteiger partial charge in [-0.1, -0.05) is 24.8 Å². The van der Waals surface area contributed by atoms with Gasteiger partial charge < -0.3 is 19.9 Å². The van der Waals surface area contributed by atoms with Crippen molar-refractivity contribution in [2.75, 3.05) is 13.7 Å². The van der Waals surface area contributed by atoms with E-state index >= 15 is 0 Å². The van der Waals surface area contributed by atoms with Gasteiger partial charge in [-0.2, -0.15) is 0 Å². The molecule has 0 atom stereocenters. The van der Waals surface area contributed by atoms with Crippen molar-refractivity contribution in [2.24, 2.45) is 0 Å². The van der Waals surface area contributed by atoms with E-state index in [0.29, 0.717) is 29.2 Å². The normalized spacial score (nSPS) is 10.9. The zero-order valence-corrected chi connectivity index (χ0v) is 17.6. The SMILES string of the molecule is C=C(C)COc1c(I)cc(C=C(NC(=O)c2ccccc2)C(=O)O)cc1OC. The van der Waals surface area contributed by atoms with Crippen LogP contribution in [0.3, 0.4) is 0 Å². The number of hydrogen-bond donors (Lipinski definition) is 2. The van der Waals surface area contributed by atoms with E-state index in [1.54, 1.807) is 42.5 Å². The Morgan fingerprint density at radius 2 is 1.93 bits per heavy atom. The van der Waals surface area contributed by atoms with Crippen molar-refractivity contribution in [1.29, 1.82) is 0 Å². The first-order valence-corrected chi connectivity index (χ1v) is 9.35. The van der Waals surface area contributed by atoms with Gasteiger partial charge in [-0.05, 0) is 71.0 Å². The fourth-order valence-corrected chi connectivity index (χ4v) is 3.04. The van der Waals surface area contributed by atoms with Crippen LogP contribution in [0.25, 0.3) is 6.08 Å². The van der Waals surface area contributed by atoms with Crippen molar-refractivity contribution in [3.8, 4) is 11.5 Å². The molecule has 0 unspecified atom stereocenters. The number of hydrogen-bond acceptors (Lipinski definition) is 4. The summed E-state index contributed by atoms with van der Waals surface area (Å²) in [5, 5.41) is 11.9. The van der Waals surface area contributed by atoms with Gasteiger partial charge in [-0.3, -0.25) is 4.79 Å². The number of nitrogens with one attached hydrogen (secondary N) is 1. The van der Waals surface area contributed by atoms with Crippen molar-refractivity contribution in [1.82, 2.24) is 5.32 Å². The summed E-state index contributed by atoms with van der Waals surface area (Å²) in [6.07, 6.45) is 1.37. The molecule has 0 aliphatic rings. The van der Waals surface area contributed by atoms with E-state index in [9.17, 15) is 14.7 Å². The molecular formula is C21H20INO5. The number of carboxylic acid groups (broad SMARTS) is 1. The molecule has 2 N–H and O–H groups in total. The predicted molar refractivity (Wildman–Crippen MR) is 116 cm³/mol. The number of carbonyl (C=O) groups is 2. The fraction of sp³-hybridized carbons (Fsp3) is 0.143. The summed E-state index contributed by atoms with van der Waals surface area (Å²) in [5.41, 5.74) is 1.53. The van der Waals surface area contributed by atoms with Crippen LogP contribution in [0.5, 0.6) is 11.5 Å². The van der Waals surface area contributed by atoms with Crippen molar-refractivity contribution < 1.29 is 24.2 Å². The van der Waals surface area contributed by atoms with Gasteiger partial charge in [-0.15, -0.1) is 0 Å². The van der Waals surface area contributed by atoms with Crippen LogP contribution in [0.2, 0.25) is 0 Å². The number of benzene rings is 2. The molecule has 0 saturated carbocycles. The number of rotatable bonds is 8. The lowest BCUT2D eigenvalue weighted by molar-refractivity contribution is -0.132. The molecule has 6 nitrogen and oxygen atoms in total. The number of ether oxygens (including phenoxy) is 2. The highest BCUT2D eigenvalue weighted by molar-refractivity contribution is 14.1. The van der Waals surface area contributed by atoms with E-state index in [2.05, 4.69) is 34.5 Å². The largest absolute Gasteiger partial charge is 0.493 e. The average Bonchev–Trinajstić information content (AvgIpc) is 2.66. The Morgan fingerprint density at radius 1 is 1.25 bits per heavy atom. The van der Waals surface area contributed by atoms with Crippen LogP contribution in [0.4, 0.5) is 0 Å². The molecule has 0 aliphatic heterocycles. The second-order valence-electron chi connectivity index (χ2n) is 5.96. The zero-order valence-electron chi connectivity index (χ0n) is 15.5. The van der Waals surface area contributed by atoms with Crippen LogP contribution >= 0.6 is 22.6 Å². The first-order chi connectivity index (χ1) is 13.3. The molecule has 28 heavy (non-hydrogen) atoms. The van der Waals surface area contributed by atoms with Crippen molar-refractivity contribution in [3.05, 3.63) is 75.0 Å². The Balaban J connectivity index is 2.33. The van der Waals surface area contributed by atoms with Crippen LogP contribution in [0, 0.1) is 3.57 Å². The molecule has 0 spiro atoms. The van der Waals surface area contributed by atoms with Crippen LogP contribution in [-0.4, -0.2) is 30.7 Å². The van der Waals surface area contributed by atoms with E-state index in [-0.39, 0.29) is 5.70 Å². The van der Waals surface area contributed by atoms with Gasteiger partial charge in [0.2, 0.25) is 0 Å². The molecule has 2 aromatic rings. The Kier molecular flexibility index (Phi) is 7.62. The number of amides is 1. The Hall–Kier alpha value is -2.81. The molecule has 2 rings (SSSR count). The Morgan fingerprint density at radius 3 is 2.50 bits per heavy atom. The van der Waals surface area contributed by atoms with Crippen LogP contribution in [0.1, 0.15) is 22.8 Å². The topological polar surface area (TPSA) is 84.9 Å². The summed E-state index contributed by atoms with van der Waals surface area (Å²) >= 11 is 2.08. The van der Waals surface area contributed by atoms with Crippen molar-refractivity contribution >= 4 is 40.5 Å². The second kappa shape index (κ2) is 9.93. The van der Waals surface area contributed by atoms with E-state index in [4.69, 9.17) is 9.47 Å². The first-order valence-electron chi connectivity index (χ1n) is 8.28. The fourth-order valence-electron chi connectivity index (χ4n) is 2.26. The third kappa shape index (κ3) is 5.85. The second-order valence-corrected chi connectivity index (χ2v) is 7.13. The monoisotopic (exact) mass is 493 g/mol. The van der Waals surface area contributed by atoms with Gasteiger partial charge in [0.25, 0.3) is 5.91 Å².